The second-order valence-electron chi connectivity index (χ2n) is 7.07. The maximum absolute atomic E-state index is 12.3. The second-order valence-corrected chi connectivity index (χ2v) is 7.07. The number of carbonyl (C=O) groups is 1. The van der Waals surface area contributed by atoms with Gasteiger partial charge in [0.25, 0.3) is 0 Å². The highest BCUT2D eigenvalue weighted by Crippen LogP contribution is 2.30. The highest BCUT2D eigenvalue weighted by Gasteiger charge is 2.12. The normalized spacial score (nSPS) is 10.6. The highest BCUT2D eigenvalue weighted by molar-refractivity contribution is 5.91. The zero-order valence-corrected chi connectivity index (χ0v) is 17.9. The minimum absolute atomic E-state index is 0.163. The van der Waals surface area contributed by atoms with Crippen molar-refractivity contribution in [2.45, 2.75) is 12.8 Å². The van der Waals surface area contributed by atoms with Crippen LogP contribution in [0.5, 0.6) is 11.5 Å². The van der Waals surface area contributed by atoms with Crippen molar-refractivity contribution in [3.8, 4) is 34.0 Å². The zero-order valence-electron chi connectivity index (χ0n) is 17.9. The van der Waals surface area contributed by atoms with Crippen molar-refractivity contribution in [3.05, 3.63) is 78.7 Å². The van der Waals surface area contributed by atoms with Crippen molar-refractivity contribution in [1.82, 2.24) is 10.1 Å². The first-order chi connectivity index (χ1) is 15.7. The number of aryl methyl sites for hydroxylation is 1. The molecule has 0 aliphatic heterocycles. The van der Waals surface area contributed by atoms with Gasteiger partial charge in [-0.3, -0.25) is 4.79 Å². The Kier molecular flexibility index (Phi) is 6.46. The van der Waals surface area contributed by atoms with Crippen LogP contribution in [-0.2, 0) is 11.2 Å². The largest absolute Gasteiger partial charge is 0.493 e. The molecule has 0 aliphatic rings. The number of hydrogen-bond acceptors (Lipinski definition) is 6. The number of hydrogen-bond donors (Lipinski definition) is 1. The summed E-state index contributed by atoms with van der Waals surface area (Å²) in [6.07, 6.45) is 0.553. The number of amides is 1. The molecule has 3 aromatic carbocycles. The summed E-state index contributed by atoms with van der Waals surface area (Å²) in [7, 11) is 3.11. The second kappa shape index (κ2) is 9.78. The van der Waals surface area contributed by atoms with E-state index in [1.807, 2.05) is 42.5 Å². The molecule has 4 aromatic rings. The van der Waals surface area contributed by atoms with E-state index in [2.05, 4.69) is 27.6 Å². The summed E-state index contributed by atoms with van der Waals surface area (Å²) in [5, 5.41) is 6.88. The van der Waals surface area contributed by atoms with Crippen molar-refractivity contribution >= 4 is 11.6 Å². The van der Waals surface area contributed by atoms with Crippen LogP contribution < -0.4 is 14.8 Å². The van der Waals surface area contributed by atoms with E-state index < -0.39 is 0 Å². The highest BCUT2D eigenvalue weighted by atomic mass is 16.5. The van der Waals surface area contributed by atoms with Crippen molar-refractivity contribution in [1.29, 1.82) is 0 Å². The van der Waals surface area contributed by atoms with Crippen LogP contribution in [0.15, 0.2) is 77.3 Å². The molecule has 1 N–H and O–H groups in total. The van der Waals surface area contributed by atoms with Crippen LogP contribution in [-0.4, -0.2) is 30.3 Å². The molecule has 4 rings (SSSR count). The average molecular weight is 429 g/mol. The Morgan fingerprint density at radius 2 is 1.56 bits per heavy atom. The molecule has 0 unspecified atom stereocenters. The van der Waals surface area contributed by atoms with E-state index in [0.29, 0.717) is 35.3 Å². The molecule has 0 fully saturated rings. The van der Waals surface area contributed by atoms with E-state index >= 15 is 0 Å². The van der Waals surface area contributed by atoms with Crippen LogP contribution in [0.2, 0.25) is 0 Å². The van der Waals surface area contributed by atoms with Crippen molar-refractivity contribution in [3.63, 3.8) is 0 Å². The molecule has 162 valence electrons. The Morgan fingerprint density at radius 1 is 0.875 bits per heavy atom. The molecule has 0 spiro atoms. The summed E-state index contributed by atoms with van der Waals surface area (Å²) < 4.78 is 15.8. The van der Waals surface area contributed by atoms with E-state index in [1.165, 1.54) is 0 Å². The molecule has 7 nitrogen and oxygen atoms in total. The first kappa shape index (κ1) is 21.1. The van der Waals surface area contributed by atoms with Gasteiger partial charge in [0, 0.05) is 30.2 Å². The number of methoxy groups -OCH3 is 2. The Hall–Kier alpha value is -4.13. The number of ether oxygens (including phenoxy) is 2. The van der Waals surface area contributed by atoms with Crippen molar-refractivity contribution < 1.29 is 18.8 Å². The summed E-state index contributed by atoms with van der Waals surface area (Å²) in [6.45, 7) is 0. The molecule has 1 heterocycles. The predicted molar refractivity (Wildman–Crippen MR) is 122 cm³/mol. The fourth-order valence-corrected chi connectivity index (χ4v) is 3.27. The van der Waals surface area contributed by atoms with Crippen LogP contribution in [0.25, 0.3) is 22.5 Å². The number of anilines is 1. The lowest BCUT2D eigenvalue weighted by Gasteiger charge is -2.10. The van der Waals surface area contributed by atoms with Crippen LogP contribution in [0.3, 0.4) is 0 Å². The maximum atomic E-state index is 12.3. The number of aromatic nitrogens is 2. The first-order valence-corrected chi connectivity index (χ1v) is 10.2. The summed E-state index contributed by atoms with van der Waals surface area (Å²) >= 11 is 0. The molecule has 0 aliphatic carbocycles. The van der Waals surface area contributed by atoms with E-state index in [-0.39, 0.29) is 12.3 Å². The maximum Gasteiger partial charge on any atom is 0.227 e. The number of rotatable bonds is 8. The topological polar surface area (TPSA) is 86.5 Å². The van der Waals surface area contributed by atoms with Gasteiger partial charge in [-0.05, 0) is 23.3 Å². The molecule has 0 saturated carbocycles. The van der Waals surface area contributed by atoms with Crippen LogP contribution in [0.1, 0.15) is 12.3 Å². The van der Waals surface area contributed by atoms with Crippen LogP contribution in [0, 0.1) is 0 Å². The number of nitrogens with zero attached hydrogens (tertiary/aromatic N) is 2. The molecule has 0 atom stereocenters. The van der Waals surface area contributed by atoms with Gasteiger partial charge in [0.05, 0.1) is 14.2 Å². The molecular weight excluding hydrogens is 406 g/mol. The number of carbonyl (C=O) groups excluding carboxylic acids is 1. The molecule has 1 aromatic heterocycles. The van der Waals surface area contributed by atoms with Gasteiger partial charge in [0.2, 0.25) is 17.6 Å². The lowest BCUT2D eigenvalue weighted by atomic mass is 10.0. The smallest absolute Gasteiger partial charge is 0.227 e. The van der Waals surface area contributed by atoms with Crippen molar-refractivity contribution in [2.75, 3.05) is 19.5 Å². The van der Waals surface area contributed by atoms with Gasteiger partial charge in [0.15, 0.2) is 11.5 Å². The summed E-state index contributed by atoms with van der Waals surface area (Å²) in [4.78, 5) is 16.7. The summed E-state index contributed by atoms with van der Waals surface area (Å²) in [5.74, 6) is 1.89. The van der Waals surface area contributed by atoms with Gasteiger partial charge >= 0.3 is 0 Å². The predicted octanol–water partition coefficient (Wildman–Crippen LogP) is 4.99. The van der Waals surface area contributed by atoms with Gasteiger partial charge in [-0.2, -0.15) is 4.98 Å². The van der Waals surface area contributed by atoms with Gasteiger partial charge in [-0.1, -0.05) is 59.8 Å². The number of benzene rings is 3. The Balaban J connectivity index is 1.35. The Morgan fingerprint density at radius 3 is 2.28 bits per heavy atom. The molecular formula is C25H23N3O4. The van der Waals surface area contributed by atoms with Crippen LogP contribution >= 0.6 is 0 Å². The molecule has 1 amide bonds. The molecule has 0 radical (unpaired) electrons. The number of nitrogens with one attached hydrogen (secondary N) is 1. The average Bonchev–Trinajstić information content (AvgIpc) is 3.32. The molecule has 0 bridgehead atoms. The summed E-state index contributed by atoms with van der Waals surface area (Å²) in [6, 6.07) is 23.3. The lowest BCUT2D eigenvalue weighted by molar-refractivity contribution is -0.116. The minimum Gasteiger partial charge on any atom is -0.493 e. The van der Waals surface area contributed by atoms with E-state index in [0.717, 1.165) is 16.7 Å². The molecule has 32 heavy (non-hydrogen) atoms. The molecule has 7 heteroatoms. The molecule has 0 saturated heterocycles. The lowest BCUT2D eigenvalue weighted by Crippen LogP contribution is -2.12. The standard InChI is InChI=1S/C25H23N3O4/c1-30-21-13-12-20(16-22(21)31-2)26-23(29)14-15-24-27-25(28-32-24)19-10-8-18(9-11-19)17-6-4-3-5-7-17/h3-13,16H,14-15H2,1-2H3,(H,26,29). The van der Waals surface area contributed by atoms with Gasteiger partial charge in [-0.25, -0.2) is 0 Å². The minimum atomic E-state index is -0.163. The fourth-order valence-electron chi connectivity index (χ4n) is 3.27. The van der Waals surface area contributed by atoms with Crippen molar-refractivity contribution in [2.24, 2.45) is 0 Å². The SMILES string of the molecule is COc1ccc(NC(=O)CCc2nc(-c3ccc(-c4ccccc4)cc3)no2)cc1OC. The zero-order chi connectivity index (χ0) is 22.3. The first-order valence-electron chi connectivity index (χ1n) is 10.2. The third kappa shape index (κ3) is 4.95. The summed E-state index contributed by atoms with van der Waals surface area (Å²) in [5.41, 5.74) is 3.74. The van der Waals surface area contributed by atoms with E-state index in [9.17, 15) is 4.79 Å². The van der Waals surface area contributed by atoms with Gasteiger partial charge in [0.1, 0.15) is 0 Å². The quantitative estimate of drug-likeness (QED) is 0.425. The fraction of sp³-hybridized carbons (Fsp3) is 0.160. The third-order valence-corrected chi connectivity index (χ3v) is 4.95. The van der Waals surface area contributed by atoms with Gasteiger partial charge in [-0.15, -0.1) is 0 Å². The van der Waals surface area contributed by atoms with Crippen LogP contribution in [0.4, 0.5) is 5.69 Å². The Labute approximate surface area is 186 Å². The monoisotopic (exact) mass is 429 g/mol. The van der Waals surface area contributed by atoms with E-state index in [4.69, 9.17) is 14.0 Å². The Bertz CT molecular complexity index is 1190. The van der Waals surface area contributed by atoms with Gasteiger partial charge < -0.3 is 19.3 Å². The third-order valence-electron chi connectivity index (χ3n) is 4.95. The van der Waals surface area contributed by atoms with E-state index in [1.54, 1.807) is 32.4 Å².